The molecular weight excluding hydrogens is 374 g/mol. The highest BCUT2D eigenvalue weighted by molar-refractivity contribution is 7.88. The van der Waals surface area contributed by atoms with Crippen LogP contribution in [0.15, 0.2) is 54.6 Å². The largest absolute Gasteiger partial charge is 0.337 e. The molecule has 1 fully saturated rings. The van der Waals surface area contributed by atoms with Gasteiger partial charge in [-0.15, -0.1) is 0 Å². The molecule has 0 unspecified atom stereocenters. The number of carbonyl (C=O) groups excluding carboxylic acids is 1. The number of carbonyl (C=O) groups is 1. The molecule has 0 spiro atoms. The van der Waals surface area contributed by atoms with Gasteiger partial charge in [-0.3, -0.25) is 4.79 Å². The standard InChI is InChI=1S/C21H27N3O3S/c1-22-12-14-24(15-13-22)28(26,27)17-19-8-10-20(11-9-19)21(25)23(2)16-18-6-4-3-5-7-18/h3-11H,12-17H2,1-2H3. The number of sulfonamides is 1. The van der Waals surface area contributed by atoms with Gasteiger partial charge in [0.1, 0.15) is 0 Å². The van der Waals surface area contributed by atoms with Gasteiger partial charge in [0.25, 0.3) is 5.91 Å². The number of hydrogen-bond acceptors (Lipinski definition) is 4. The minimum atomic E-state index is -3.34. The topological polar surface area (TPSA) is 60.9 Å². The monoisotopic (exact) mass is 401 g/mol. The number of benzene rings is 2. The van der Waals surface area contributed by atoms with Crippen LogP contribution in [0.1, 0.15) is 21.5 Å². The molecule has 0 aliphatic carbocycles. The number of piperazine rings is 1. The Hall–Kier alpha value is -2.22. The molecule has 7 heteroatoms. The van der Waals surface area contributed by atoms with Gasteiger partial charge in [0.05, 0.1) is 5.75 Å². The molecule has 150 valence electrons. The van der Waals surface area contributed by atoms with E-state index < -0.39 is 10.0 Å². The Kier molecular flexibility index (Phi) is 6.49. The Morgan fingerprint density at radius 2 is 1.54 bits per heavy atom. The first-order chi connectivity index (χ1) is 13.3. The van der Waals surface area contributed by atoms with Crippen molar-refractivity contribution in [2.75, 3.05) is 40.3 Å². The maximum absolute atomic E-state index is 12.6. The Morgan fingerprint density at radius 1 is 0.929 bits per heavy atom. The van der Waals surface area contributed by atoms with E-state index in [0.717, 1.165) is 18.7 Å². The van der Waals surface area contributed by atoms with Crippen molar-refractivity contribution in [3.63, 3.8) is 0 Å². The lowest BCUT2D eigenvalue weighted by Gasteiger charge is -2.31. The van der Waals surface area contributed by atoms with Gasteiger partial charge >= 0.3 is 0 Å². The Balaban J connectivity index is 1.62. The van der Waals surface area contributed by atoms with Crippen LogP contribution < -0.4 is 0 Å². The number of hydrogen-bond donors (Lipinski definition) is 0. The van der Waals surface area contributed by atoms with Crippen molar-refractivity contribution in [3.05, 3.63) is 71.3 Å². The maximum atomic E-state index is 12.6. The average Bonchev–Trinajstić information content (AvgIpc) is 2.69. The highest BCUT2D eigenvalue weighted by Crippen LogP contribution is 2.15. The summed E-state index contributed by atoms with van der Waals surface area (Å²) in [5.41, 5.74) is 2.31. The van der Waals surface area contributed by atoms with Crippen LogP contribution >= 0.6 is 0 Å². The Morgan fingerprint density at radius 3 is 2.14 bits per heavy atom. The summed E-state index contributed by atoms with van der Waals surface area (Å²) in [6.45, 7) is 3.08. The minimum Gasteiger partial charge on any atom is -0.337 e. The summed E-state index contributed by atoms with van der Waals surface area (Å²) in [6.07, 6.45) is 0. The smallest absolute Gasteiger partial charge is 0.253 e. The minimum absolute atomic E-state index is 0.0367. The molecule has 6 nitrogen and oxygen atoms in total. The van der Waals surface area contributed by atoms with Gasteiger partial charge < -0.3 is 9.80 Å². The van der Waals surface area contributed by atoms with Crippen LogP contribution in [0.4, 0.5) is 0 Å². The normalized spacial score (nSPS) is 16.1. The first-order valence-corrected chi connectivity index (χ1v) is 11.0. The number of amides is 1. The van der Waals surface area contributed by atoms with Crippen molar-refractivity contribution in [3.8, 4) is 0 Å². The highest BCUT2D eigenvalue weighted by Gasteiger charge is 2.26. The van der Waals surface area contributed by atoms with Crippen molar-refractivity contribution in [2.45, 2.75) is 12.3 Å². The number of nitrogens with zero attached hydrogens (tertiary/aromatic N) is 3. The SMILES string of the molecule is CN1CCN(S(=O)(=O)Cc2ccc(C(=O)N(C)Cc3ccccc3)cc2)CC1. The zero-order valence-corrected chi connectivity index (χ0v) is 17.2. The van der Waals surface area contributed by atoms with E-state index in [-0.39, 0.29) is 11.7 Å². The summed E-state index contributed by atoms with van der Waals surface area (Å²) in [5, 5.41) is 0. The first kappa shape index (κ1) is 20.5. The molecule has 1 amide bonds. The van der Waals surface area contributed by atoms with Crippen LogP contribution in [0.2, 0.25) is 0 Å². The van der Waals surface area contributed by atoms with Gasteiger partial charge in [-0.1, -0.05) is 42.5 Å². The van der Waals surface area contributed by atoms with Crippen molar-refractivity contribution < 1.29 is 13.2 Å². The van der Waals surface area contributed by atoms with E-state index in [1.54, 1.807) is 40.5 Å². The highest BCUT2D eigenvalue weighted by atomic mass is 32.2. The van der Waals surface area contributed by atoms with Crippen LogP contribution in [0.25, 0.3) is 0 Å². The molecule has 0 aromatic heterocycles. The van der Waals surface area contributed by atoms with E-state index in [1.807, 2.05) is 37.4 Å². The van der Waals surface area contributed by atoms with E-state index in [1.165, 1.54) is 0 Å². The van der Waals surface area contributed by atoms with Gasteiger partial charge in [0, 0.05) is 45.3 Å². The van der Waals surface area contributed by atoms with Crippen LogP contribution in [-0.2, 0) is 22.3 Å². The van der Waals surface area contributed by atoms with Crippen LogP contribution in [0.3, 0.4) is 0 Å². The van der Waals surface area contributed by atoms with Crippen molar-refractivity contribution in [1.29, 1.82) is 0 Å². The van der Waals surface area contributed by atoms with Crippen LogP contribution in [-0.4, -0.2) is 68.7 Å². The molecule has 0 bridgehead atoms. The molecule has 1 saturated heterocycles. The van der Waals surface area contributed by atoms with E-state index in [2.05, 4.69) is 4.90 Å². The van der Waals surface area contributed by atoms with Gasteiger partial charge in [-0.05, 0) is 30.3 Å². The summed E-state index contributed by atoms with van der Waals surface area (Å²) in [5.74, 6) is -0.122. The molecular formula is C21H27N3O3S. The zero-order chi connectivity index (χ0) is 20.1. The van der Waals surface area contributed by atoms with Gasteiger partial charge in [0.2, 0.25) is 10.0 Å². The van der Waals surface area contributed by atoms with Gasteiger partial charge in [0.15, 0.2) is 0 Å². The van der Waals surface area contributed by atoms with E-state index >= 15 is 0 Å². The molecule has 0 N–H and O–H groups in total. The molecule has 0 atom stereocenters. The molecule has 3 rings (SSSR count). The second kappa shape index (κ2) is 8.86. The van der Waals surface area contributed by atoms with Crippen LogP contribution in [0.5, 0.6) is 0 Å². The lowest BCUT2D eigenvalue weighted by atomic mass is 10.1. The molecule has 0 saturated carbocycles. The zero-order valence-electron chi connectivity index (χ0n) is 16.4. The predicted octanol–water partition coefficient (Wildman–Crippen LogP) is 2.04. The fourth-order valence-corrected chi connectivity index (χ4v) is 4.78. The third kappa shape index (κ3) is 5.19. The molecule has 1 heterocycles. The first-order valence-electron chi connectivity index (χ1n) is 9.40. The maximum Gasteiger partial charge on any atom is 0.253 e. The molecule has 1 aliphatic rings. The predicted molar refractivity (Wildman–Crippen MR) is 110 cm³/mol. The summed E-state index contributed by atoms with van der Waals surface area (Å²) < 4.78 is 26.8. The van der Waals surface area contributed by atoms with E-state index in [9.17, 15) is 13.2 Å². The second-order valence-electron chi connectivity index (χ2n) is 7.30. The average molecular weight is 402 g/mol. The fourth-order valence-electron chi connectivity index (χ4n) is 3.26. The quantitative estimate of drug-likeness (QED) is 0.743. The Labute approximate surface area is 167 Å². The lowest BCUT2D eigenvalue weighted by molar-refractivity contribution is 0.0785. The van der Waals surface area contributed by atoms with Gasteiger partial charge in [-0.2, -0.15) is 4.31 Å². The molecule has 2 aromatic rings. The van der Waals surface area contributed by atoms with Gasteiger partial charge in [-0.25, -0.2) is 8.42 Å². The molecule has 2 aromatic carbocycles. The van der Waals surface area contributed by atoms with E-state index in [0.29, 0.717) is 30.8 Å². The van der Waals surface area contributed by atoms with Crippen molar-refractivity contribution in [1.82, 2.24) is 14.1 Å². The second-order valence-corrected chi connectivity index (χ2v) is 9.27. The van der Waals surface area contributed by atoms with Crippen molar-refractivity contribution >= 4 is 15.9 Å². The van der Waals surface area contributed by atoms with Crippen molar-refractivity contribution in [2.24, 2.45) is 0 Å². The summed E-state index contributed by atoms with van der Waals surface area (Å²) in [4.78, 5) is 16.4. The van der Waals surface area contributed by atoms with Crippen LogP contribution in [0, 0.1) is 0 Å². The third-order valence-corrected chi connectivity index (χ3v) is 6.86. The fraction of sp³-hybridized carbons (Fsp3) is 0.381. The third-order valence-electron chi connectivity index (χ3n) is 5.01. The lowest BCUT2D eigenvalue weighted by Crippen LogP contribution is -2.47. The summed E-state index contributed by atoms with van der Waals surface area (Å²) >= 11 is 0. The summed E-state index contributed by atoms with van der Waals surface area (Å²) in [6, 6.07) is 16.7. The molecule has 1 aliphatic heterocycles. The molecule has 28 heavy (non-hydrogen) atoms. The molecule has 0 radical (unpaired) electrons. The Bertz CT molecular complexity index is 890. The summed E-state index contributed by atoms with van der Waals surface area (Å²) in [7, 11) is 0.421. The number of rotatable bonds is 6. The number of likely N-dealkylation sites (N-methyl/N-ethyl adjacent to an activating group) is 1. The van der Waals surface area contributed by atoms with E-state index in [4.69, 9.17) is 0 Å².